The Morgan fingerprint density at radius 2 is 1.68 bits per heavy atom. The molecule has 2 aromatic rings. The van der Waals surface area contributed by atoms with Crippen LogP contribution in [0.3, 0.4) is 0 Å². The number of nitrogens with one attached hydrogen (secondary N) is 1. The van der Waals surface area contributed by atoms with Crippen LogP contribution in [-0.2, 0) is 27.2 Å². The summed E-state index contributed by atoms with van der Waals surface area (Å²) in [4.78, 5) is 3.15. The highest BCUT2D eigenvalue weighted by Crippen LogP contribution is 2.28. The minimum Gasteiger partial charge on any atom is -0.493 e. The van der Waals surface area contributed by atoms with E-state index in [1.54, 1.807) is 38.5 Å². The van der Waals surface area contributed by atoms with E-state index < -0.39 is 20.8 Å². The van der Waals surface area contributed by atoms with Crippen molar-refractivity contribution in [2.45, 2.75) is 29.4 Å². The van der Waals surface area contributed by atoms with Crippen LogP contribution in [0.4, 0.5) is 5.69 Å². The van der Waals surface area contributed by atoms with Crippen molar-refractivity contribution in [1.82, 2.24) is 4.90 Å². The van der Waals surface area contributed by atoms with Gasteiger partial charge in [0.25, 0.3) is 0 Å². The van der Waals surface area contributed by atoms with Crippen LogP contribution in [0.5, 0.6) is 11.5 Å². The Balaban J connectivity index is 1.49. The maximum absolute atomic E-state index is 12.9. The molecule has 0 amide bonds. The number of methoxy groups -OCH3 is 2. The molecule has 1 saturated heterocycles. The Morgan fingerprint density at radius 1 is 1.03 bits per heavy atom. The number of ether oxygens (including phenoxy) is 2. The van der Waals surface area contributed by atoms with Gasteiger partial charge in [-0.1, -0.05) is 6.07 Å². The molecule has 0 spiro atoms. The second-order valence-corrected chi connectivity index (χ2v) is 11.2. The summed E-state index contributed by atoms with van der Waals surface area (Å²) < 4.78 is 48.7. The van der Waals surface area contributed by atoms with E-state index in [0.29, 0.717) is 5.69 Å². The molecule has 1 aliphatic rings. The normalized spacial score (nSPS) is 16.6. The van der Waals surface area contributed by atoms with Gasteiger partial charge in [-0.25, -0.2) is 8.42 Å². The number of hydrogen-bond donors (Lipinski definition) is 1. The molecule has 0 radical (unpaired) electrons. The molecule has 2 aromatic carbocycles. The summed E-state index contributed by atoms with van der Waals surface area (Å²) in [6.07, 6.45) is 3.78. The van der Waals surface area contributed by atoms with Gasteiger partial charge < -0.3 is 14.4 Å². The van der Waals surface area contributed by atoms with Gasteiger partial charge in [0, 0.05) is 22.4 Å². The second-order valence-electron chi connectivity index (χ2n) is 7.68. The van der Waals surface area contributed by atoms with Crippen molar-refractivity contribution in [1.29, 1.82) is 0 Å². The molecule has 0 saturated carbocycles. The van der Waals surface area contributed by atoms with Gasteiger partial charge in [-0.15, -0.1) is 0 Å². The average molecular weight is 467 g/mol. The van der Waals surface area contributed by atoms with Crippen molar-refractivity contribution in [3.05, 3.63) is 48.0 Å². The fourth-order valence-electron chi connectivity index (χ4n) is 3.73. The Bertz CT molecular complexity index is 1000. The highest BCUT2D eigenvalue weighted by molar-refractivity contribution is 7.92. The van der Waals surface area contributed by atoms with Gasteiger partial charge in [-0.3, -0.25) is 8.93 Å². The van der Waals surface area contributed by atoms with Crippen LogP contribution in [0.15, 0.2) is 47.4 Å². The smallest absolute Gasteiger partial charge is 0.229 e. The van der Waals surface area contributed by atoms with Crippen LogP contribution >= 0.6 is 0 Å². The fourth-order valence-corrected chi connectivity index (χ4v) is 5.73. The lowest BCUT2D eigenvalue weighted by Gasteiger charge is -2.31. The predicted octanol–water partition coefficient (Wildman–Crippen LogP) is 2.89. The molecule has 0 bridgehead atoms. The third-order valence-electron chi connectivity index (χ3n) is 5.39. The molecule has 1 heterocycles. The Kier molecular flexibility index (Phi) is 7.96. The van der Waals surface area contributed by atoms with Crippen molar-refractivity contribution in [2.24, 2.45) is 0 Å². The third-order valence-corrected chi connectivity index (χ3v) is 7.81. The first-order valence-corrected chi connectivity index (χ1v) is 13.3. The summed E-state index contributed by atoms with van der Waals surface area (Å²) in [6.45, 7) is 2.77. The predicted molar refractivity (Wildman–Crippen MR) is 124 cm³/mol. The van der Waals surface area contributed by atoms with E-state index in [1.165, 1.54) is 5.56 Å². The summed E-state index contributed by atoms with van der Waals surface area (Å²) in [5.41, 5.74) is 1.68. The molecule has 0 aliphatic carbocycles. The molecule has 9 heteroatoms. The van der Waals surface area contributed by atoms with E-state index in [9.17, 15) is 12.6 Å². The molecule has 170 valence electrons. The zero-order valence-electron chi connectivity index (χ0n) is 18.2. The molecule has 31 heavy (non-hydrogen) atoms. The van der Waals surface area contributed by atoms with Crippen molar-refractivity contribution in [3.8, 4) is 11.5 Å². The average Bonchev–Trinajstić information content (AvgIpc) is 2.76. The molecular weight excluding hydrogens is 436 g/mol. The lowest BCUT2D eigenvalue weighted by Crippen LogP contribution is -2.38. The molecule has 3 rings (SSSR count). The van der Waals surface area contributed by atoms with Crippen molar-refractivity contribution < 1.29 is 22.1 Å². The molecule has 1 aliphatic heterocycles. The first kappa shape index (κ1) is 23.6. The molecular formula is C22H30N2O5S2. The SMILES string of the molecule is COc1ccc(CCN2CCC(S(=O)c3ccc(NS(C)(=O)=O)cc3)CC2)cc1OC. The molecule has 1 N–H and O–H groups in total. The van der Waals surface area contributed by atoms with Gasteiger partial charge in [0.1, 0.15) is 0 Å². The van der Waals surface area contributed by atoms with Crippen LogP contribution in [0.25, 0.3) is 0 Å². The Labute approximate surface area is 187 Å². The second kappa shape index (κ2) is 10.5. The van der Waals surface area contributed by atoms with Gasteiger partial charge in [-0.05, 0) is 74.3 Å². The third kappa shape index (κ3) is 6.69. The van der Waals surface area contributed by atoms with E-state index >= 15 is 0 Å². The van der Waals surface area contributed by atoms with Gasteiger partial charge >= 0.3 is 0 Å². The number of benzene rings is 2. The van der Waals surface area contributed by atoms with Gasteiger partial charge in [0.2, 0.25) is 10.0 Å². The number of rotatable bonds is 9. The maximum Gasteiger partial charge on any atom is 0.229 e. The summed E-state index contributed by atoms with van der Waals surface area (Å²) >= 11 is 0. The van der Waals surface area contributed by atoms with E-state index in [2.05, 4.69) is 15.7 Å². The lowest BCUT2D eigenvalue weighted by molar-refractivity contribution is 0.234. The van der Waals surface area contributed by atoms with Crippen LogP contribution in [0.2, 0.25) is 0 Å². The quantitative estimate of drug-likeness (QED) is 0.612. The zero-order valence-corrected chi connectivity index (χ0v) is 19.8. The topological polar surface area (TPSA) is 84.9 Å². The number of likely N-dealkylation sites (tertiary alicyclic amines) is 1. The van der Waals surface area contributed by atoms with Crippen LogP contribution in [-0.4, -0.2) is 62.9 Å². The fraction of sp³-hybridized carbons (Fsp3) is 0.455. The minimum absolute atomic E-state index is 0.117. The van der Waals surface area contributed by atoms with Gasteiger partial charge in [-0.2, -0.15) is 0 Å². The van der Waals surface area contributed by atoms with Gasteiger partial charge in [0.15, 0.2) is 11.5 Å². The van der Waals surface area contributed by atoms with E-state index in [0.717, 1.165) is 61.5 Å². The number of hydrogen-bond acceptors (Lipinski definition) is 6. The standard InChI is InChI=1S/C22H30N2O5S2/c1-28-21-9-4-17(16-22(21)29-2)10-13-24-14-11-20(12-15-24)30(25)19-7-5-18(6-8-19)23-31(3,26)27/h4-9,16,20,23H,10-15H2,1-3H3. The maximum atomic E-state index is 12.9. The summed E-state index contributed by atoms with van der Waals surface area (Å²) in [7, 11) is -1.14. The highest BCUT2D eigenvalue weighted by Gasteiger charge is 2.24. The summed E-state index contributed by atoms with van der Waals surface area (Å²) in [6, 6.07) is 12.8. The zero-order chi connectivity index (χ0) is 22.4. The lowest BCUT2D eigenvalue weighted by atomic mass is 10.1. The Hall–Kier alpha value is -2.10. The Morgan fingerprint density at radius 3 is 2.26 bits per heavy atom. The number of piperidine rings is 1. The van der Waals surface area contributed by atoms with Gasteiger partial charge in [0.05, 0.1) is 31.3 Å². The van der Waals surface area contributed by atoms with Crippen molar-refractivity contribution >= 4 is 26.5 Å². The highest BCUT2D eigenvalue weighted by atomic mass is 32.2. The largest absolute Gasteiger partial charge is 0.493 e. The van der Waals surface area contributed by atoms with Crippen molar-refractivity contribution in [2.75, 3.05) is 44.8 Å². The van der Waals surface area contributed by atoms with Crippen LogP contribution in [0.1, 0.15) is 18.4 Å². The molecule has 0 aromatic heterocycles. The molecule has 7 nitrogen and oxygen atoms in total. The van der Waals surface area contributed by atoms with E-state index in [4.69, 9.17) is 9.47 Å². The first-order chi connectivity index (χ1) is 14.8. The summed E-state index contributed by atoms with van der Waals surface area (Å²) in [5.74, 6) is 1.47. The monoisotopic (exact) mass is 466 g/mol. The molecule has 1 fully saturated rings. The number of anilines is 1. The summed E-state index contributed by atoms with van der Waals surface area (Å²) in [5, 5.41) is 0.117. The number of sulfonamides is 1. The first-order valence-electron chi connectivity index (χ1n) is 10.2. The van der Waals surface area contributed by atoms with E-state index in [-0.39, 0.29) is 5.25 Å². The van der Waals surface area contributed by atoms with Crippen molar-refractivity contribution in [3.63, 3.8) is 0 Å². The molecule has 1 unspecified atom stereocenters. The van der Waals surface area contributed by atoms with Crippen LogP contribution in [0, 0.1) is 0 Å². The minimum atomic E-state index is -3.31. The molecule has 1 atom stereocenters. The van der Waals surface area contributed by atoms with Crippen LogP contribution < -0.4 is 14.2 Å². The van der Waals surface area contributed by atoms with E-state index in [1.807, 2.05) is 12.1 Å². The number of nitrogens with zero attached hydrogens (tertiary/aromatic N) is 1.